The minimum absolute atomic E-state index is 0.0712. The summed E-state index contributed by atoms with van der Waals surface area (Å²) in [6, 6.07) is 20.3. The van der Waals surface area contributed by atoms with Gasteiger partial charge in [0.2, 0.25) is 5.91 Å². The summed E-state index contributed by atoms with van der Waals surface area (Å²) in [5.74, 6) is 0.578. The van der Waals surface area contributed by atoms with Crippen molar-refractivity contribution in [1.82, 2.24) is 9.55 Å². The number of fused-ring (bicyclic) bond motifs is 1. The summed E-state index contributed by atoms with van der Waals surface area (Å²) in [6.45, 7) is 2.08. The molecule has 0 aliphatic rings. The maximum absolute atomic E-state index is 13.2. The van der Waals surface area contributed by atoms with Crippen molar-refractivity contribution in [3.8, 4) is 0 Å². The van der Waals surface area contributed by atoms with E-state index in [1.54, 1.807) is 41.0 Å². The van der Waals surface area contributed by atoms with Gasteiger partial charge in [0.05, 0.1) is 29.0 Å². The summed E-state index contributed by atoms with van der Waals surface area (Å²) >= 11 is 1.27. The Morgan fingerprint density at radius 1 is 1.10 bits per heavy atom. The van der Waals surface area contributed by atoms with Gasteiger partial charge in [0.1, 0.15) is 5.76 Å². The third-order valence-corrected chi connectivity index (χ3v) is 5.90. The van der Waals surface area contributed by atoms with Crippen molar-refractivity contribution in [3.63, 3.8) is 0 Å². The van der Waals surface area contributed by atoms with Gasteiger partial charge in [0, 0.05) is 12.7 Å². The largest absolute Gasteiger partial charge is 0.467 e. The van der Waals surface area contributed by atoms with Crippen LogP contribution in [0.3, 0.4) is 0 Å². The van der Waals surface area contributed by atoms with Crippen molar-refractivity contribution < 1.29 is 9.21 Å². The highest BCUT2D eigenvalue weighted by Gasteiger charge is 2.23. The van der Waals surface area contributed by atoms with E-state index in [9.17, 15) is 9.59 Å². The number of thioether (sulfide) groups is 1. The third-order valence-electron chi connectivity index (χ3n) is 4.82. The summed E-state index contributed by atoms with van der Waals surface area (Å²) in [5, 5.41) is 0.581. The molecular formula is C23H21N3O3S. The zero-order valence-electron chi connectivity index (χ0n) is 16.7. The van der Waals surface area contributed by atoms with Gasteiger partial charge in [-0.15, -0.1) is 0 Å². The minimum Gasteiger partial charge on any atom is -0.467 e. The van der Waals surface area contributed by atoms with Crippen LogP contribution in [0.5, 0.6) is 0 Å². The first-order valence-electron chi connectivity index (χ1n) is 9.56. The molecule has 4 rings (SSSR count). The van der Waals surface area contributed by atoms with Crippen LogP contribution in [0.25, 0.3) is 10.9 Å². The number of hydrogen-bond acceptors (Lipinski definition) is 5. The molecule has 0 radical (unpaired) electrons. The molecule has 0 saturated carbocycles. The van der Waals surface area contributed by atoms with E-state index in [4.69, 9.17) is 4.42 Å². The van der Waals surface area contributed by atoms with Crippen LogP contribution in [0.2, 0.25) is 0 Å². The first kappa shape index (κ1) is 20.0. The first-order valence-corrected chi connectivity index (χ1v) is 10.4. The Morgan fingerprint density at radius 3 is 2.57 bits per heavy atom. The van der Waals surface area contributed by atoms with Crippen molar-refractivity contribution in [2.45, 2.75) is 23.9 Å². The lowest BCUT2D eigenvalue weighted by molar-refractivity contribution is -0.117. The molecule has 2 aromatic carbocycles. The summed E-state index contributed by atoms with van der Waals surface area (Å²) < 4.78 is 7.00. The molecule has 1 amide bonds. The topological polar surface area (TPSA) is 68.3 Å². The Hall–Kier alpha value is -3.32. The fourth-order valence-corrected chi connectivity index (χ4v) is 4.20. The molecule has 0 spiro atoms. The van der Waals surface area contributed by atoms with Crippen LogP contribution in [0, 0.1) is 0 Å². The second kappa shape index (κ2) is 8.59. The van der Waals surface area contributed by atoms with Crippen molar-refractivity contribution in [3.05, 3.63) is 89.1 Å². The van der Waals surface area contributed by atoms with Crippen molar-refractivity contribution in [1.29, 1.82) is 0 Å². The predicted octanol–water partition coefficient (Wildman–Crippen LogP) is 4.18. The van der Waals surface area contributed by atoms with Crippen molar-refractivity contribution in [2.75, 3.05) is 11.9 Å². The molecule has 0 fully saturated rings. The highest BCUT2D eigenvalue weighted by Crippen LogP contribution is 2.26. The monoisotopic (exact) mass is 419 g/mol. The third kappa shape index (κ3) is 4.02. The van der Waals surface area contributed by atoms with Gasteiger partial charge in [-0.05, 0) is 43.3 Å². The molecule has 0 saturated heterocycles. The number of para-hydroxylation sites is 2. The number of amides is 1. The molecule has 4 aromatic rings. The van der Waals surface area contributed by atoms with E-state index < -0.39 is 5.25 Å². The number of furan rings is 1. The van der Waals surface area contributed by atoms with Gasteiger partial charge in [0.25, 0.3) is 5.56 Å². The summed E-state index contributed by atoms with van der Waals surface area (Å²) in [7, 11) is 1.75. The molecule has 1 unspecified atom stereocenters. The normalized spacial score (nSPS) is 12.1. The van der Waals surface area contributed by atoms with E-state index in [-0.39, 0.29) is 18.0 Å². The number of benzene rings is 2. The van der Waals surface area contributed by atoms with Crippen LogP contribution in [-0.2, 0) is 11.3 Å². The molecule has 0 bridgehead atoms. The predicted molar refractivity (Wildman–Crippen MR) is 119 cm³/mol. The number of nitrogens with zero attached hydrogens (tertiary/aromatic N) is 3. The number of hydrogen-bond donors (Lipinski definition) is 0. The molecule has 0 aliphatic carbocycles. The molecule has 0 aliphatic heterocycles. The van der Waals surface area contributed by atoms with Crippen LogP contribution < -0.4 is 10.5 Å². The average molecular weight is 420 g/mol. The first-order chi connectivity index (χ1) is 14.5. The lowest BCUT2D eigenvalue weighted by Gasteiger charge is -2.22. The Morgan fingerprint density at radius 2 is 1.83 bits per heavy atom. The van der Waals surface area contributed by atoms with Gasteiger partial charge < -0.3 is 9.32 Å². The Labute approximate surface area is 178 Å². The van der Waals surface area contributed by atoms with Gasteiger partial charge in [-0.2, -0.15) is 0 Å². The number of aromatic nitrogens is 2. The standard InChI is InChI=1S/C23H21N3O3S/c1-16(21(27)25(2)17-9-4-3-5-10-17)30-23-24-20-13-7-6-12-19(20)22(28)26(23)15-18-11-8-14-29-18/h3-14,16H,15H2,1-2H3. The van der Waals surface area contributed by atoms with Gasteiger partial charge >= 0.3 is 0 Å². The van der Waals surface area contributed by atoms with Crippen molar-refractivity contribution >= 4 is 34.3 Å². The SMILES string of the molecule is CC(Sc1nc2ccccc2c(=O)n1Cc1ccco1)C(=O)N(C)c1ccccc1. The molecule has 2 heterocycles. The molecule has 6 nitrogen and oxygen atoms in total. The molecule has 7 heteroatoms. The van der Waals surface area contributed by atoms with E-state index in [0.717, 1.165) is 5.69 Å². The summed E-state index contributed by atoms with van der Waals surface area (Å²) in [6.07, 6.45) is 1.57. The molecule has 1 atom stereocenters. The second-order valence-electron chi connectivity index (χ2n) is 6.88. The molecular weight excluding hydrogens is 398 g/mol. The zero-order valence-corrected chi connectivity index (χ0v) is 17.5. The Balaban J connectivity index is 1.68. The summed E-state index contributed by atoms with van der Waals surface area (Å²) in [5.41, 5.74) is 1.27. The lowest BCUT2D eigenvalue weighted by atomic mass is 10.2. The minimum atomic E-state index is -0.439. The van der Waals surface area contributed by atoms with E-state index >= 15 is 0 Å². The fraction of sp³-hybridized carbons (Fsp3) is 0.174. The van der Waals surface area contributed by atoms with Crippen LogP contribution >= 0.6 is 11.8 Å². The fourth-order valence-electron chi connectivity index (χ4n) is 3.20. The highest BCUT2D eigenvalue weighted by atomic mass is 32.2. The quantitative estimate of drug-likeness (QED) is 0.346. The summed E-state index contributed by atoms with van der Waals surface area (Å²) in [4.78, 5) is 32.5. The smallest absolute Gasteiger partial charge is 0.262 e. The lowest BCUT2D eigenvalue weighted by Crippen LogP contribution is -2.34. The van der Waals surface area contributed by atoms with Crippen LogP contribution in [0.1, 0.15) is 12.7 Å². The number of carbonyl (C=O) groups is 1. The van der Waals surface area contributed by atoms with Gasteiger partial charge in [-0.25, -0.2) is 4.98 Å². The van der Waals surface area contributed by atoms with Gasteiger partial charge in [-0.3, -0.25) is 14.2 Å². The van der Waals surface area contributed by atoms with Crippen LogP contribution in [0.4, 0.5) is 5.69 Å². The van der Waals surface area contributed by atoms with Crippen molar-refractivity contribution in [2.24, 2.45) is 0 Å². The maximum Gasteiger partial charge on any atom is 0.262 e. The van der Waals surface area contributed by atoms with E-state index in [0.29, 0.717) is 21.8 Å². The molecule has 2 aromatic heterocycles. The van der Waals surface area contributed by atoms with E-state index in [2.05, 4.69) is 4.98 Å². The maximum atomic E-state index is 13.2. The van der Waals surface area contributed by atoms with Crippen LogP contribution in [0.15, 0.2) is 87.4 Å². The average Bonchev–Trinajstić information content (AvgIpc) is 3.29. The highest BCUT2D eigenvalue weighted by molar-refractivity contribution is 8.00. The molecule has 0 N–H and O–H groups in total. The van der Waals surface area contributed by atoms with E-state index in [1.807, 2.05) is 55.5 Å². The second-order valence-corrected chi connectivity index (χ2v) is 8.18. The Kier molecular flexibility index (Phi) is 5.72. The molecule has 152 valence electrons. The van der Waals surface area contributed by atoms with Crippen LogP contribution in [-0.4, -0.2) is 27.8 Å². The van der Waals surface area contributed by atoms with Gasteiger partial charge in [-0.1, -0.05) is 42.1 Å². The number of carbonyl (C=O) groups excluding carboxylic acids is 1. The number of rotatable bonds is 6. The zero-order chi connectivity index (χ0) is 21.1. The van der Waals surface area contributed by atoms with Gasteiger partial charge in [0.15, 0.2) is 5.16 Å². The Bertz CT molecular complexity index is 1220. The van der Waals surface area contributed by atoms with E-state index in [1.165, 1.54) is 11.8 Å². The number of anilines is 1. The molecule has 30 heavy (non-hydrogen) atoms.